The lowest BCUT2D eigenvalue weighted by molar-refractivity contribution is -0.384. The van der Waals surface area contributed by atoms with Gasteiger partial charge in [0.05, 0.1) is 21.7 Å². The third kappa shape index (κ3) is 4.03. The molecule has 0 fully saturated rings. The molecule has 0 saturated heterocycles. The highest BCUT2D eigenvalue weighted by atomic mass is 16.6. The van der Waals surface area contributed by atoms with Crippen LogP contribution in [0.3, 0.4) is 0 Å². The molecule has 120 valence electrons. The zero-order valence-corrected chi connectivity index (χ0v) is 12.7. The maximum absolute atomic E-state index is 11.0. The van der Waals surface area contributed by atoms with E-state index >= 15 is 0 Å². The molecule has 1 rings (SSSR count). The number of hydrogen-bond donors (Lipinski definition) is 3. The molecule has 0 amide bonds. The normalized spacial score (nSPS) is 12.1. The van der Waals surface area contributed by atoms with Crippen molar-refractivity contribution in [2.45, 2.75) is 38.9 Å². The predicted octanol–water partition coefficient (Wildman–Crippen LogP) is 0.547. The summed E-state index contributed by atoms with van der Waals surface area (Å²) < 4.78 is 5.35. The van der Waals surface area contributed by atoms with Crippen molar-refractivity contribution in [3.05, 3.63) is 33.9 Å². The van der Waals surface area contributed by atoms with Crippen LogP contribution in [0.2, 0.25) is 0 Å². The molecule has 0 atom stereocenters. The van der Waals surface area contributed by atoms with E-state index in [1.165, 1.54) is 27.7 Å². The summed E-state index contributed by atoms with van der Waals surface area (Å²) in [5.41, 5.74) is -3.37. The van der Waals surface area contributed by atoms with Crippen LogP contribution in [0.1, 0.15) is 38.1 Å². The maximum atomic E-state index is 11.0. The second-order valence-electron chi connectivity index (χ2n) is 5.92. The fraction of sp³-hybridized carbons (Fsp3) is 0.462. The lowest BCUT2D eigenvalue weighted by Gasteiger charge is -2.38. The minimum absolute atomic E-state index is 0.0797. The van der Waals surface area contributed by atoms with Crippen LogP contribution in [0.15, 0.2) is 18.2 Å². The summed E-state index contributed by atoms with van der Waals surface area (Å²) in [6, 6.07) is 3.00. The van der Waals surface area contributed by atoms with Crippen molar-refractivity contribution in [2.24, 2.45) is 0 Å². The first-order valence-electron chi connectivity index (χ1n) is 6.46. The van der Waals surface area contributed by atoms with E-state index in [2.05, 4.69) is 0 Å². The summed E-state index contributed by atoms with van der Waals surface area (Å²) in [5, 5.41) is 39.9. The average molecular weight is 311 g/mol. The number of carboxylic acids is 1. The number of benzene rings is 1. The van der Waals surface area contributed by atoms with E-state index in [0.29, 0.717) is 0 Å². The highest BCUT2D eigenvalue weighted by molar-refractivity contribution is 6.60. The van der Waals surface area contributed by atoms with Gasteiger partial charge < -0.3 is 19.9 Å². The third-order valence-corrected chi connectivity index (χ3v) is 3.56. The largest absolute Gasteiger partial charge is 0.491 e. The van der Waals surface area contributed by atoms with Crippen molar-refractivity contribution in [1.29, 1.82) is 0 Å². The molecular formula is C13H18BNO7. The molecule has 9 heteroatoms. The second kappa shape index (κ2) is 6.03. The van der Waals surface area contributed by atoms with Gasteiger partial charge in [-0.05, 0) is 39.2 Å². The quantitative estimate of drug-likeness (QED) is 0.397. The number of aliphatic hydroxyl groups is 1. The number of nitrogens with zero attached hydrogens (tertiary/aromatic N) is 1. The first-order valence-corrected chi connectivity index (χ1v) is 6.46. The third-order valence-electron chi connectivity index (χ3n) is 3.56. The fourth-order valence-corrected chi connectivity index (χ4v) is 1.50. The fourth-order valence-electron chi connectivity index (χ4n) is 1.50. The minimum atomic E-state index is -1.63. The van der Waals surface area contributed by atoms with Crippen molar-refractivity contribution < 1.29 is 29.6 Å². The predicted molar refractivity (Wildman–Crippen MR) is 79.1 cm³/mol. The Morgan fingerprint density at radius 2 is 1.82 bits per heavy atom. The van der Waals surface area contributed by atoms with Crippen molar-refractivity contribution in [1.82, 2.24) is 0 Å². The first-order chi connectivity index (χ1) is 9.85. The van der Waals surface area contributed by atoms with Gasteiger partial charge in [0.25, 0.3) is 5.69 Å². The Balaban J connectivity index is 3.20. The monoisotopic (exact) mass is 311 g/mol. The Bertz CT molecular complexity index is 562. The lowest BCUT2D eigenvalue weighted by atomic mass is 9.76. The number of nitro benzene ring substituents is 1. The van der Waals surface area contributed by atoms with E-state index in [0.717, 1.165) is 18.2 Å². The van der Waals surface area contributed by atoms with Crippen LogP contribution >= 0.6 is 0 Å². The number of non-ortho nitro benzene ring substituents is 1. The van der Waals surface area contributed by atoms with Gasteiger partial charge >= 0.3 is 13.1 Å². The van der Waals surface area contributed by atoms with Crippen LogP contribution in [-0.2, 0) is 4.65 Å². The molecule has 3 N–H and O–H groups in total. The molecule has 0 radical (unpaired) electrons. The van der Waals surface area contributed by atoms with Crippen LogP contribution in [0.25, 0.3) is 0 Å². The zero-order valence-electron chi connectivity index (χ0n) is 12.7. The Kier molecular flexibility index (Phi) is 4.96. The van der Waals surface area contributed by atoms with Gasteiger partial charge in [0.1, 0.15) is 0 Å². The van der Waals surface area contributed by atoms with Gasteiger partial charge in [-0.1, -0.05) is 0 Å². The SMILES string of the molecule is CC(C)(O)C(C)(C)OB(O)c1cc(C(=O)O)cc([N+](=O)[O-])c1. The zero-order chi connectivity index (χ0) is 17.3. The number of carboxylic acid groups (broad SMARTS) is 1. The van der Waals surface area contributed by atoms with Gasteiger partial charge in [-0.15, -0.1) is 0 Å². The Hall–Kier alpha value is -1.97. The highest BCUT2D eigenvalue weighted by Crippen LogP contribution is 2.25. The topological polar surface area (TPSA) is 130 Å². The summed E-state index contributed by atoms with van der Waals surface area (Å²) >= 11 is 0. The van der Waals surface area contributed by atoms with E-state index < -0.39 is 34.9 Å². The van der Waals surface area contributed by atoms with E-state index in [4.69, 9.17) is 9.76 Å². The molecule has 22 heavy (non-hydrogen) atoms. The van der Waals surface area contributed by atoms with Crippen molar-refractivity contribution in [3.8, 4) is 0 Å². The molecular weight excluding hydrogens is 293 g/mol. The second-order valence-corrected chi connectivity index (χ2v) is 5.92. The molecule has 0 aliphatic heterocycles. The Labute approximate surface area is 127 Å². The summed E-state index contributed by atoms with van der Waals surface area (Å²) in [4.78, 5) is 21.1. The number of nitro groups is 1. The summed E-state index contributed by atoms with van der Waals surface area (Å²) in [6.45, 7) is 6.03. The molecule has 0 spiro atoms. The highest BCUT2D eigenvalue weighted by Gasteiger charge is 2.40. The van der Waals surface area contributed by atoms with Crippen LogP contribution in [0.4, 0.5) is 5.69 Å². The van der Waals surface area contributed by atoms with Crippen LogP contribution in [0.5, 0.6) is 0 Å². The Morgan fingerprint density at radius 1 is 1.27 bits per heavy atom. The Morgan fingerprint density at radius 3 is 2.23 bits per heavy atom. The average Bonchev–Trinajstić information content (AvgIpc) is 2.36. The van der Waals surface area contributed by atoms with Gasteiger partial charge in [-0.3, -0.25) is 10.1 Å². The number of carbonyl (C=O) groups is 1. The van der Waals surface area contributed by atoms with Gasteiger partial charge in [-0.2, -0.15) is 0 Å². The smallest absolute Gasteiger partial charge is 0.478 e. The van der Waals surface area contributed by atoms with Crippen LogP contribution < -0.4 is 5.46 Å². The van der Waals surface area contributed by atoms with E-state index in [-0.39, 0.29) is 11.0 Å². The molecule has 0 bridgehead atoms. The number of hydrogen-bond acceptors (Lipinski definition) is 6. The lowest BCUT2D eigenvalue weighted by Crippen LogP contribution is -2.53. The standard InChI is InChI=1S/C13H18BNO7/c1-12(2,18)13(3,4)22-14(19)9-5-8(11(16)17)6-10(7-9)15(20)21/h5-7,18-19H,1-4H3,(H,16,17). The van der Waals surface area contributed by atoms with Crippen molar-refractivity contribution in [3.63, 3.8) is 0 Å². The van der Waals surface area contributed by atoms with Crippen molar-refractivity contribution in [2.75, 3.05) is 0 Å². The number of rotatable bonds is 6. The van der Waals surface area contributed by atoms with E-state index in [1.807, 2.05) is 0 Å². The van der Waals surface area contributed by atoms with Crippen LogP contribution in [-0.4, -0.2) is 44.5 Å². The molecule has 8 nitrogen and oxygen atoms in total. The maximum Gasteiger partial charge on any atom is 0.491 e. The molecule has 0 aromatic heterocycles. The minimum Gasteiger partial charge on any atom is -0.478 e. The van der Waals surface area contributed by atoms with Gasteiger partial charge in [-0.25, -0.2) is 4.79 Å². The molecule has 1 aromatic rings. The first kappa shape index (κ1) is 18.1. The number of aromatic carboxylic acids is 1. The molecule has 1 aromatic carbocycles. The van der Waals surface area contributed by atoms with Gasteiger partial charge in [0.2, 0.25) is 0 Å². The van der Waals surface area contributed by atoms with E-state index in [9.17, 15) is 25.0 Å². The van der Waals surface area contributed by atoms with Crippen LogP contribution in [0, 0.1) is 10.1 Å². The molecule has 0 aliphatic rings. The summed E-state index contributed by atoms with van der Waals surface area (Å²) in [6.07, 6.45) is 0. The molecule has 0 aliphatic carbocycles. The van der Waals surface area contributed by atoms with Crippen molar-refractivity contribution >= 4 is 24.2 Å². The molecule has 0 saturated carbocycles. The van der Waals surface area contributed by atoms with Gasteiger partial charge in [0, 0.05) is 12.1 Å². The molecule has 0 heterocycles. The summed E-state index contributed by atoms with van der Waals surface area (Å²) in [7, 11) is -1.63. The molecule has 0 unspecified atom stereocenters. The van der Waals surface area contributed by atoms with E-state index in [1.54, 1.807) is 0 Å². The summed E-state index contributed by atoms with van der Waals surface area (Å²) in [5.74, 6) is -1.36. The van der Waals surface area contributed by atoms with Gasteiger partial charge in [0.15, 0.2) is 0 Å².